The fourth-order valence-corrected chi connectivity index (χ4v) is 2.45. The third-order valence-electron chi connectivity index (χ3n) is 3.29. The van der Waals surface area contributed by atoms with Crippen molar-refractivity contribution in [2.45, 2.75) is 59.7 Å². The van der Waals surface area contributed by atoms with E-state index >= 15 is 0 Å². The van der Waals surface area contributed by atoms with Crippen LogP contribution in [0.4, 0.5) is 5.69 Å². The number of nitrogens with one attached hydrogen (secondary N) is 1. The average Bonchev–Trinajstić information content (AvgIpc) is 2.40. The maximum atomic E-state index is 12.5. The highest BCUT2D eigenvalue weighted by atomic mass is 16.5. The molecule has 0 saturated carbocycles. The van der Waals surface area contributed by atoms with Crippen LogP contribution in [-0.2, 0) is 4.79 Å². The number of carbonyl (C=O) groups excluding carboxylic acids is 1. The van der Waals surface area contributed by atoms with Gasteiger partial charge in [-0.1, -0.05) is 0 Å². The van der Waals surface area contributed by atoms with Gasteiger partial charge in [-0.3, -0.25) is 4.79 Å². The fourth-order valence-electron chi connectivity index (χ4n) is 2.45. The molecule has 0 aliphatic heterocycles. The molecule has 1 unspecified atom stereocenters. The minimum absolute atomic E-state index is 0.119. The Morgan fingerprint density at radius 1 is 1.10 bits per heavy atom. The molecule has 0 saturated heterocycles. The van der Waals surface area contributed by atoms with E-state index < -0.39 is 0 Å². The molecule has 0 spiro atoms. The highest BCUT2D eigenvalue weighted by molar-refractivity contribution is 5.84. The highest BCUT2D eigenvalue weighted by Crippen LogP contribution is 2.17. The molecule has 1 amide bonds. The first-order valence-electron chi connectivity index (χ1n) is 7.68. The second kappa shape index (κ2) is 7.91. The maximum absolute atomic E-state index is 12.5. The number of nitrogens with zero attached hydrogens (tertiary/aromatic N) is 1. The van der Waals surface area contributed by atoms with Gasteiger partial charge in [0.1, 0.15) is 11.8 Å². The molecule has 0 aromatic heterocycles. The molecule has 0 heterocycles. The normalized spacial score (nSPS) is 12.4. The second-order valence-corrected chi connectivity index (χ2v) is 5.76. The molecule has 1 aromatic carbocycles. The number of anilines is 1. The number of hydrogen-bond donors (Lipinski definition) is 1. The molecular weight excluding hydrogens is 264 g/mol. The summed E-state index contributed by atoms with van der Waals surface area (Å²) in [6.07, 6.45) is 0. The van der Waals surface area contributed by atoms with Crippen molar-refractivity contribution >= 4 is 11.6 Å². The van der Waals surface area contributed by atoms with Crippen LogP contribution in [-0.4, -0.2) is 35.5 Å². The summed E-state index contributed by atoms with van der Waals surface area (Å²) in [7, 11) is 0. The lowest BCUT2D eigenvalue weighted by Gasteiger charge is -2.33. The number of ether oxygens (including phenoxy) is 1. The summed E-state index contributed by atoms with van der Waals surface area (Å²) in [6, 6.07) is 7.82. The van der Waals surface area contributed by atoms with Gasteiger partial charge in [0, 0.05) is 17.8 Å². The van der Waals surface area contributed by atoms with Gasteiger partial charge < -0.3 is 15.0 Å². The minimum Gasteiger partial charge on any atom is -0.494 e. The Bertz CT molecular complexity index is 433. The highest BCUT2D eigenvalue weighted by Gasteiger charge is 2.24. The Morgan fingerprint density at radius 3 is 2.05 bits per heavy atom. The molecule has 118 valence electrons. The number of carbonyl (C=O) groups is 1. The second-order valence-electron chi connectivity index (χ2n) is 5.76. The summed E-state index contributed by atoms with van der Waals surface area (Å²) < 4.78 is 5.41. The molecule has 0 fully saturated rings. The van der Waals surface area contributed by atoms with Gasteiger partial charge in [-0.25, -0.2) is 0 Å². The summed E-state index contributed by atoms with van der Waals surface area (Å²) in [5, 5.41) is 3.25. The molecular formula is C17H28N2O2. The molecule has 0 radical (unpaired) electrons. The summed E-state index contributed by atoms with van der Waals surface area (Å²) in [5.41, 5.74) is 0.923. The lowest BCUT2D eigenvalue weighted by Crippen LogP contribution is -2.48. The first-order chi connectivity index (χ1) is 9.86. The summed E-state index contributed by atoms with van der Waals surface area (Å²) in [6.45, 7) is 12.7. The SMILES string of the molecule is CCOc1ccc(NC(C)C(=O)N(C(C)C)C(C)C)cc1. The van der Waals surface area contributed by atoms with Crippen molar-refractivity contribution in [2.75, 3.05) is 11.9 Å². The predicted molar refractivity (Wildman–Crippen MR) is 87.8 cm³/mol. The van der Waals surface area contributed by atoms with Gasteiger partial charge in [0.25, 0.3) is 0 Å². The van der Waals surface area contributed by atoms with Crippen molar-refractivity contribution in [2.24, 2.45) is 0 Å². The van der Waals surface area contributed by atoms with E-state index in [9.17, 15) is 4.79 Å². The molecule has 21 heavy (non-hydrogen) atoms. The lowest BCUT2D eigenvalue weighted by atomic mass is 10.1. The summed E-state index contributed by atoms with van der Waals surface area (Å²) in [4.78, 5) is 14.4. The smallest absolute Gasteiger partial charge is 0.245 e. The third-order valence-corrected chi connectivity index (χ3v) is 3.29. The number of benzene rings is 1. The predicted octanol–water partition coefficient (Wildman–Crippen LogP) is 3.53. The van der Waals surface area contributed by atoms with Gasteiger partial charge >= 0.3 is 0 Å². The van der Waals surface area contributed by atoms with Crippen LogP contribution in [0.15, 0.2) is 24.3 Å². The molecule has 1 rings (SSSR count). The van der Waals surface area contributed by atoms with E-state index in [0.717, 1.165) is 11.4 Å². The van der Waals surface area contributed by atoms with Crippen LogP contribution in [0.3, 0.4) is 0 Å². The maximum Gasteiger partial charge on any atom is 0.245 e. The molecule has 0 aliphatic carbocycles. The van der Waals surface area contributed by atoms with E-state index in [2.05, 4.69) is 5.32 Å². The zero-order chi connectivity index (χ0) is 16.0. The average molecular weight is 292 g/mol. The van der Waals surface area contributed by atoms with E-state index in [-0.39, 0.29) is 24.0 Å². The molecule has 0 bridgehead atoms. The number of amides is 1. The Balaban J connectivity index is 2.70. The fraction of sp³-hybridized carbons (Fsp3) is 0.588. The largest absolute Gasteiger partial charge is 0.494 e. The van der Waals surface area contributed by atoms with Crippen LogP contribution in [0, 0.1) is 0 Å². The molecule has 4 nitrogen and oxygen atoms in total. The standard InChI is InChI=1S/C17H28N2O2/c1-7-21-16-10-8-15(9-11-16)18-14(6)17(20)19(12(2)3)13(4)5/h8-14,18H,7H2,1-6H3. The third kappa shape index (κ3) is 4.96. The van der Waals surface area contributed by atoms with Crippen LogP contribution in [0.1, 0.15) is 41.5 Å². The van der Waals surface area contributed by atoms with E-state index in [1.165, 1.54) is 0 Å². The van der Waals surface area contributed by atoms with Crippen LogP contribution in [0.2, 0.25) is 0 Å². The summed E-state index contributed by atoms with van der Waals surface area (Å²) >= 11 is 0. The Kier molecular flexibility index (Phi) is 6.53. The number of hydrogen-bond acceptors (Lipinski definition) is 3. The van der Waals surface area contributed by atoms with Crippen molar-refractivity contribution in [3.8, 4) is 5.75 Å². The van der Waals surface area contributed by atoms with Crippen molar-refractivity contribution in [1.82, 2.24) is 4.90 Å². The van der Waals surface area contributed by atoms with Crippen LogP contribution >= 0.6 is 0 Å². The molecule has 4 heteroatoms. The van der Waals surface area contributed by atoms with Crippen molar-refractivity contribution in [3.05, 3.63) is 24.3 Å². The summed E-state index contributed by atoms with van der Waals surface area (Å²) in [5.74, 6) is 0.960. The Labute approximate surface area is 128 Å². The first kappa shape index (κ1) is 17.3. The molecule has 1 aromatic rings. The van der Waals surface area contributed by atoms with Gasteiger partial charge in [0.2, 0.25) is 5.91 Å². The monoisotopic (exact) mass is 292 g/mol. The van der Waals surface area contributed by atoms with Crippen molar-refractivity contribution in [3.63, 3.8) is 0 Å². The van der Waals surface area contributed by atoms with Gasteiger partial charge in [-0.2, -0.15) is 0 Å². The first-order valence-corrected chi connectivity index (χ1v) is 7.68. The van der Waals surface area contributed by atoms with E-state index in [4.69, 9.17) is 4.74 Å². The molecule has 1 atom stereocenters. The van der Waals surface area contributed by atoms with Crippen molar-refractivity contribution < 1.29 is 9.53 Å². The van der Waals surface area contributed by atoms with Gasteiger partial charge in [-0.15, -0.1) is 0 Å². The Hall–Kier alpha value is -1.71. The van der Waals surface area contributed by atoms with E-state index in [1.54, 1.807) is 0 Å². The van der Waals surface area contributed by atoms with E-state index in [1.807, 2.05) is 70.7 Å². The zero-order valence-electron chi connectivity index (χ0n) is 14.0. The van der Waals surface area contributed by atoms with Crippen molar-refractivity contribution in [1.29, 1.82) is 0 Å². The molecule has 0 aliphatic rings. The molecule has 1 N–H and O–H groups in total. The zero-order valence-corrected chi connectivity index (χ0v) is 14.0. The van der Waals surface area contributed by atoms with Gasteiger partial charge in [0.05, 0.1) is 6.61 Å². The van der Waals surface area contributed by atoms with Crippen LogP contribution in [0.5, 0.6) is 5.75 Å². The van der Waals surface area contributed by atoms with Crippen LogP contribution in [0.25, 0.3) is 0 Å². The quantitative estimate of drug-likeness (QED) is 0.836. The topological polar surface area (TPSA) is 41.6 Å². The minimum atomic E-state index is -0.257. The van der Waals surface area contributed by atoms with Gasteiger partial charge in [0.15, 0.2) is 0 Å². The Morgan fingerprint density at radius 2 is 1.62 bits per heavy atom. The van der Waals surface area contributed by atoms with Gasteiger partial charge in [-0.05, 0) is 65.8 Å². The van der Waals surface area contributed by atoms with Crippen LogP contribution < -0.4 is 10.1 Å². The van der Waals surface area contributed by atoms with E-state index in [0.29, 0.717) is 6.61 Å². The lowest BCUT2D eigenvalue weighted by molar-refractivity contribution is -0.135. The number of rotatable bonds is 7.